The molecule has 0 atom stereocenters. The Morgan fingerprint density at radius 2 is 1.76 bits per heavy atom. The van der Waals surface area contributed by atoms with Crippen LogP contribution in [0.1, 0.15) is 31.7 Å². The van der Waals surface area contributed by atoms with Gasteiger partial charge in [0, 0.05) is 36.7 Å². The van der Waals surface area contributed by atoms with Crippen molar-refractivity contribution in [3.8, 4) is 22.5 Å². The van der Waals surface area contributed by atoms with Gasteiger partial charge >= 0.3 is 6.18 Å². The van der Waals surface area contributed by atoms with Gasteiger partial charge in [-0.25, -0.2) is 4.98 Å². The van der Waals surface area contributed by atoms with Crippen LogP contribution in [0.25, 0.3) is 22.5 Å². The molecule has 1 fully saturated rings. The molecular formula is C25H24ClF3N4O. The lowest BCUT2D eigenvalue weighted by molar-refractivity contribution is -0.137. The second-order valence-corrected chi connectivity index (χ2v) is 8.57. The topological polar surface area (TPSA) is 58.1 Å². The number of halogens is 4. The third-order valence-corrected chi connectivity index (χ3v) is 6.21. The molecule has 2 heterocycles. The summed E-state index contributed by atoms with van der Waals surface area (Å²) in [5.41, 5.74) is 1.40. The van der Waals surface area contributed by atoms with Crippen molar-refractivity contribution >= 4 is 23.3 Å². The van der Waals surface area contributed by atoms with Crippen LogP contribution in [0.2, 0.25) is 5.02 Å². The van der Waals surface area contributed by atoms with E-state index in [1.54, 1.807) is 18.3 Å². The highest BCUT2D eigenvalue weighted by Crippen LogP contribution is 2.36. The molecule has 5 nitrogen and oxygen atoms in total. The number of benzene rings is 2. The highest BCUT2D eigenvalue weighted by Gasteiger charge is 2.30. The van der Waals surface area contributed by atoms with Crippen LogP contribution < -0.4 is 10.2 Å². The summed E-state index contributed by atoms with van der Waals surface area (Å²) in [4.78, 5) is 23.2. The molecule has 3 aromatic rings. The number of piperidine rings is 1. The van der Waals surface area contributed by atoms with Crippen LogP contribution in [0.4, 0.5) is 19.0 Å². The Labute approximate surface area is 201 Å². The van der Waals surface area contributed by atoms with E-state index in [1.165, 1.54) is 12.1 Å². The van der Waals surface area contributed by atoms with E-state index in [9.17, 15) is 18.0 Å². The molecule has 0 radical (unpaired) electrons. The number of carbonyl (C=O) groups is 1. The predicted molar refractivity (Wildman–Crippen MR) is 127 cm³/mol. The van der Waals surface area contributed by atoms with E-state index in [-0.39, 0.29) is 11.9 Å². The monoisotopic (exact) mass is 488 g/mol. The summed E-state index contributed by atoms with van der Waals surface area (Å²) in [7, 11) is 0. The quantitative estimate of drug-likeness (QED) is 0.480. The lowest BCUT2D eigenvalue weighted by Gasteiger charge is -2.33. The number of hydrogen-bond donors (Lipinski definition) is 1. The summed E-state index contributed by atoms with van der Waals surface area (Å²) in [5, 5.41) is 3.51. The highest BCUT2D eigenvalue weighted by molar-refractivity contribution is 6.33. The van der Waals surface area contributed by atoms with Gasteiger partial charge in [-0.05, 0) is 31.0 Å². The Balaban J connectivity index is 1.66. The lowest BCUT2D eigenvalue weighted by Crippen LogP contribution is -2.44. The molecule has 0 aliphatic carbocycles. The van der Waals surface area contributed by atoms with Crippen LogP contribution >= 0.6 is 11.6 Å². The van der Waals surface area contributed by atoms with Gasteiger partial charge in [-0.15, -0.1) is 0 Å². The number of nitrogens with zero attached hydrogens (tertiary/aromatic N) is 3. The largest absolute Gasteiger partial charge is 0.416 e. The number of aromatic nitrogens is 2. The van der Waals surface area contributed by atoms with Crippen molar-refractivity contribution in [2.24, 2.45) is 0 Å². The first-order chi connectivity index (χ1) is 16.3. The lowest BCUT2D eigenvalue weighted by atomic mass is 10.0. The first kappa shape index (κ1) is 24.0. The average molecular weight is 489 g/mol. The number of carbonyl (C=O) groups excluding carboxylic acids is 1. The summed E-state index contributed by atoms with van der Waals surface area (Å²) in [6, 6.07) is 12.2. The van der Waals surface area contributed by atoms with E-state index in [2.05, 4.69) is 15.2 Å². The van der Waals surface area contributed by atoms with E-state index >= 15 is 0 Å². The first-order valence-corrected chi connectivity index (χ1v) is 11.5. The minimum Gasteiger partial charge on any atom is -0.355 e. The van der Waals surface area contributed by atoms with Crippen molar-refractivity contribution in [3.05, 3.63) is 65.3 Å². The summed E-state index contributed by atoms with van der Waals surface area (Å²) in [6.45, 7) is 3.23. The Kier molecular flexibility index (Phi) is 7.07. The van der Waals surface area contributed by atoms with Crippen molar-refractivity contribution < 1.29 is 18.0 Å². The second-order valence-electron chi connectivity index (χ2n) is 8.16. The number of amides is 1. The number of rotatable bonds is 5. The molecule has 4 rings (SSSR count). The van der Waals surface area contributed by atoms with Gasteiger partial charge in [0.25, 0.3) is 0 Å². The Bertz CT molecular complexity index is 1160. The van der Waals surface area contributed by atoms with Crippen LogP contribution in [0.5, 0.6) is 0 Å². The summed E-state index contributed by atoms with van der Waals surface area (Å²) < 4.78 is 39.1. The Hall–Kier alpha value is -3.13. The van der Waals surface area contributed by atoms with Gasteiger partial charge in [0.15, 0.2) is 0 Å². The Morgan fingerprint density at radius 1 is 1.09 bits per heavy atom. The molecule has 178 valence electrons. The minimum atomic E-state index is -4.41. The maximum absolute atomic E-state index is 13.0. The molecule has 1 aromatic heterocycles. The molecule has 0 spiro atoms. The number of alkyl halides is 3. The molecule has 9 heteroatoms. The van der Waals surface area contributed by atoms with E-state index in [1.807, 2.05) is 19.1 Å². The van der Waals surface area contributed by atoms with E-state index in [0.717, 1.165) is 25.0 Å². The molecule has 0 saturated carbocycles. The molecule has 1 N–H and O–H groups in total. The van der Waals surface area contributed by atoms with Gasteiger partial charge < -0.3 is 10.2 Å². The van der Waals surface area contributed by atoms with Gasteiger partial charge in [-0.2, -0.15) is 13.2 Å². The molecule has 1 aliphatic heterocycles. The molecule has 0 unspecified atom stereocenters. The van der Waals surface area contributed by atoms with Crippen molar-refractivity contribution in [1.29, 1.82) is 0 Å². The fourth-order valence-corrected chi connectivity index (χ4v) is 4.21. The van der Waals surface area contributed by atoms with Gasteiger partial charge in [0.05, 0.1) is 22.5 Å². The molecule has 1 aliphatic rings. The normalized spacial score (nSPS) is 14.8. The molecular weight excluding hydrogens is 465 g/mol. The SMILES string of the molecule is CCC(=O)NC1CCN(c2cnc(-c3ccc(C(F)(F)F)cc3)c(-c3ccccc3Cl)n2)CC1. The first-order valence-electron chi connectivity index (χ1n) is 11.1. The molecule has 1 saturated heterocycles. The number of nitrogens with one attached hydrogen (secondary N) is 1. The number of anilines is 1. The zero-order valence-electron chi connectivity index (χ0n) is 18.6. The van der Waals surface area contributed by atoms with Crippen molar-refractivity contribution in [1.82, 2.24) is 15.3 Å². The summed E-state index contributed by atoms with van der Waals surface area (Å²) >= 11 is 6.45. The highest BCUT2D eigenvalue weighted by atomic mass is 35.5. The van der Waals surface area contributed by atoms with E-state index < -0.39 is 11.7 Å². The zero-order valence-corrected chi connectivity index (χ0v) is 19.3. The van der Waals surface area contributed by atoms with Crippen LogP contribution in [-0.2, 0) is 11.0 Å². The standard InChI is InChI=1S/C25H24ClF3N4O/c1-2-22(34)31-18-11-13-33(14-12-18)21-15-30-23(16-7-9-17(10-8-16)25(27,28)29)24(32-21)19-5-3-4-6-20(19)26/h3-10,15,18H,2,11-14H2,1H3,(H,31,34). The third-order valence-electron chi connectivity index (χ3n) is 5.88. The zero-order chi connectivity index (χ0) is 24.3. The maximum Gasteiger partial charge on any atom is 0.416 e. The fraction of sp³-hybridized carbons (Fsp3) is 0.320. The van der Waals surface area contributed by atoms with Crippen molar-refractivity contribution in [2.75, 3.05) is 18.0 Å². The van der Waals surface area contributed by atoms with E-state index in [0.29, 0.717) is 52.9 Å². The van der Waals surface area contributed by atoms with Gasteiger partial charge in [0.2, 0.25) is 5.91 Å². The van der Waals surface area contributed by atoms with Gasteiger partial charge in [-0.1, -0.05) is 48.9 Å². The predicted octanol–water partition coefficient (Wildman–Crippen LogP) is 5.98. The molecule has 0 bridgehead atoms. The van der Waals surface area contributed by atoms with Crippen LogP contribution in [0.15, 0.2) is 54.7 Å². The average Bonchev–Trinajstić information content (AvgIpc) is 2.84. The van der Waals surface area contributed by atoms with Crippen LogP contribution in [-0.4, -0.2) is 35.0 Å². The number of hydrogen-bond acceptors (Lipinski definition) is 4. The third kappa shape index (κ3) is 5.33. The fourth-order valence-electron chi connectivity index (χ4n) is 3.98. The smallest absolute Gasteiger partial charge is 0.355 e. The Morgan fingerprint density at radius 3 is 2.38 bits per heavy atom. The van der Waals surface area contributed by atoms with Crippen LogP contribution in [0, 0.1) is 0 Å². The molecule has 2 aromatic carbocycles. The van der Waals surface area contributed by atoms with Gasteiger partial charge in [-0.3, -0.25) is 9.78 Å². The summed E-state index contributed by atoms with van der Waals surface area (Å²) in [5.74, 6) is 0.700. The van der Waals surface area contributed by atoms with Gasteiger partial charge in [0.1, 0.15) is 11.5 Å². The maximum atomic E-state index is 13.0. The van der Waals surface area contributed by atoms with Crippen LogP contribution in [0.3, 0.4) is 0 Å². The van der Waals surface area contributed by atoms with Crippen molar-refractivity contribution in [3.63, 3.8) is 0 Å². The molecule has 34 heavy (non-hydrogen) atoms. The second kappa shape index (κ2) is 10.0. The van der Waals surface area contributed by atoms with E-state index in [4.69, 9.17) is 16.6 Å². The van der Waals surface area contributed by atoms with Crippen molar-refractivity contribution in [2.45, 2.75) is 38.4 Å². The summed E-state index contributed by atoms with van der Waals surface area (Å²) in [6.07, 6.45) is -0.746. The molecule has 1 amide bonds. The minimum absolute atomic E-state index is 0.0418.